The number of carbonyl (C=O) groups excluding carboxylic acids is 2. The Labute approximate surface area is 153 Å². The van der Waals surface area contributed by atoms with Crippen molar-refractivity contribution in [3.63, 3.8) is 0 Å². The lowest BCUT2D eigenvalue weighted by molar-refractivity contribution is -0.147. The van der Waals surface area contributed by atoms with E-state index in [9.17, 15) is 9.59 Å². The van der Waals surface area contributed by atoms with Crippen molar-refractivity contribution < 1.29 is 19.1 Å². The first-order valence-corrected chi connectivity index (χ1v) is 8.42. The molecule has 1 aromatic heterocycles. The molecule has 1 amide bonds. The van der Waals surface area contributed by atoms with Crippen LogP contribution in [0.5, 0.6) is 0 Å². The van der Waals surface area contributed by atoms with Gasteiger partial charge < -0.3 is 14.8 Å². The molecule has 0 aliphatic carbocycles. The molecular formula is C20H24N2O4. The fourth-order valence-corrected chi connectivity index (χ4v) is 2.23. The highest BCUT2D eigenvalue weighted by Gasteiger charge is 2.26. The Balaban J connectivity index is 2.03. The summed E-state index contributed by atoms with van der Waals surface area (Å²) in [6, 6.07) is 12.1. The summed E-state index contributed by atoms with van der Waals surface area (Å²) in [7, 11) is 0. The minimum Gasteiger partial charge on any atom is -0.459 e. The quantitative estimate of drug-likeness (QED) is 0.804. The number of carbonyl (C=O) groups is 2. The van der Waals surface area contributed by atoms with E-state index in [0.29, 0.717) is 0 Å². The second kappa shape index (κ2) is 8.99. The van der Waals surface area contributed by atoms with Crippen LogP contribution in [0.1, 0.15) is 31.9 Å². The normalized spacial score (nSPS) is 12.1. The number of rotatable bonds is 6. The van der Waals surface area contributed by atoms with Gasteiger partial charge in [-0.2, -0.15) is 0 Å². The van der Waals surface area contributed by atoms with Crippen LogP contribution in [0, 0.1) is 0 Å². The van der Waals surface area contributed by atoms with Crippen molar-refractivity contribution in [3.05, 3.63) is 66.0 Å². The average Bonchev–Trinajstić information content (AvgIpc) is 2.59. The summed E-state index contributed by atoms with van der Waals surface area (Å²) in [4.78, 5) is 28.6. The summed E-state index contributed by atoms with van der Waals surface area (Å²) in [6.07, 6.45) is 2.89. The molecule has 2 rings (SSSR count). The molecule has 0 bridgehead atoms. The molecule has 2 aromatic rings. The third kappa shape index (κ3) is 6.93. The maximum absolute atomic E-state index is 12.5. The molecule has 1 unspecified atom stereocenters. The van der Waals surface area contributed by atoms with E-state index in [1.807, 2.05) is 36.4 Å². The first kappa shape index (κ1) is 19.4. The summed E-state index contributed by atoms with van der Waals surface area (Å²) in [5.41, 5.74) is 1.03. The van der Waals surface area contributed by atoms with Crippen LogP contribution in [0.2, 0.25) is 0 Å². The molecular weight excluding hydrogens is 332 g/mol. The van der Waals surface area contributed by atoms with Gasteiger partial charge in [-0.15, -0.1) is 0 Å². The van der Waals surface area contributed by atoms with Crippen LogP contribution in [-0.2, 0) is 27.3 Å². The van der Waals surface area contributed by atoms with Gasteiger partial charge in [-0.3, -0.25) is 4.98 Å². The Kier molecular flexibility index (Phi) is 6.72. The number of hydrogen-bond acceptors (Lipinski definition) is 5. The molecule has 1 atom stereocenters. The van der Waals surface area contributed by atoms with Crippen LogP contribution in [0.4, 0.5) is 4.79 Å². The largest absolute Gasteiger partial charge is 0.459 e. The van der Waals surface area contributed by atoms with Gasteiger partial charge >= 0.3 is 12.1 Å². The molecule has 0 fully saturated rings. The van der Waals surface area contributed by atoms with Crippen molar-refractivity contribution in [2.75, 3.05) is 0 Å². The number of alkyl carbamates (subject to hydrolysis) is 1. The van der Waals surface area contributed by atoms with E-state index < -0.39 is 23.7 Å². The molecule has 1 aromatic carbocycles. The van der Waals surface area contributed by atoms with Gasteiger partial charge in [-0.1, -0.05) is 36.4 Å². The maximum Gasteiger partial charge on any atom is 0.408 e. The number of aromatic nitrogens is 1. The highest BCUT2D eigenvalue weighted by molar-refractivity contribution is 5.81. The Morgan fingerprint density at radius 1 is 1.08 bits per heavy atom. The van der Waals surface area contributed by atoms with Crippen LogP contribution in [0.25, 0.3) is 0 Å². The highest BCUT2D eigenvalue weighted by atomic mass is 16.6. The number of amides is 1. The minimum absolute atomic E-state index is 0.138. The van der Waals surface area contributed by atoms with Crippen molar-refractivity contribution in [1.82, 2.24) is 10.3 Å². The zero-order valence-electron chi connectivity index (χ0n) is 15.3. The lowest BCUT2D eigenvalue weighted by Gasteiger charge is -2.23. The van der Waals surface area contributed by atoms with Gasteiger partial charge in [0.25, 0.3) is 0 Å². The zero-order valence-corrected chi connectivity index (χ0v) is 15.3. The number of nitrogens with one attached hydrogen (secondary N) is 1. The van der Waals surface area contributed by atoms with Gasteiger partial charge in [0.2, 0.25) is 0 Å². The van der Waals surface area contributed by atoms with Crippen LogP contribution in [-0.4, -0.2) is 28.7 Å². The van der Waals surface area contributed by atoms with Gasteiger partial charge in [0.1, 0.15) is 18.2 Å². The summed E-state index contributed by atoms with van der Waals surface area (Å²) in [5.74, 6) is -0.524. The maximum atomic E-state index is 12.5. The Morgan fingerprint density at radius 3 is 2.38 bits per heavy atom. The number of pyridine rings is 1. The lowest BCUT2D eigenvalue weighted by atomic mass is 10.1. The van der Waals surface area contributed by atoms with Gasteiger partial charge in [-0.05, 0) is 38.0 Å². The number of nitrogens with zero attached hydrogens (tertiary/aromatic N) is 1. The Morgan fingerprint density at radius 2 is 1.77 bits per heavy atom. The smallest absolute Gasteiger partial charge is 0.408 e. The van der Waals surface area contributed by atoms with E-state index >= 15 is 0 Å². The predicted octanol–water partition coefficient (Wildman–Crippen LogP) is 3.26. The first-order valence-electron chi connectivity index (χ1n) is 8.42. The van der Waals surface area contributed by atoms with E-state index in [2.05, 4.69) is 10.3 Å². The molecule has 0 saturated heterocycles. The molecule has 26 heavy (non-hydrogen) atoms. The average molecular weight is 356 g/mol. The SMILES string of the molecule is CC(C)(C)OC(=O)NC(Cc1cccnc1)C(=O)OCc1ccccc1. The molecule has 0 radical (unpaired) electrons. The first-order chi connectivity index (χ1) is 12.3. The zero-order chi connectivity index (χ0) is 19.0. The third-order valence-corrected chi connectivity index (χ3v) is 3.36. The number of hydrogen-bond donors (Lipinski definition) is 1. The van der Waals surface area contributed by atoms with Crippen molar-refractivity contribution in [2.45, 2.75) is 45.4 Å². The third-order valence-electron chi connectivity index (χ3n) is 3.36. The Bertz CT molecular complexity index is 712. The van der Waals surface area contributed by atoms with E-state index in [-0.39, 0.29) is 13.0 Å². The molecule has 1 N–H and O–H groups in total. The van der Waals surface area contributed by atoms with Crippen LogP contribution < -0.4 is 5.32 Å². The molecule has 138 valence electrons. The standard InChI is InChI=1S/C20H24N2O4/c1-20(2,3)26-19(24)22-17(12-16-10-7-11-21-13-16)18(23)25-14-15-8-5-4-6-9-15/h4-11,13,17H,12,14H2,1-3H3,(H,22,24). The van der Waals surface area contributed by atoms with Crippen LogP contribution in [0.3, 0.4) is 0 Å². The Hall–Kier alpha value is -2.89. The van der Waals surface area contributed by atoms with Gasteiger partial charge in [0.15, 0.2) is 0 Å². The van der Waals surface area contributed by atoms with E-state index in [0.717, 1.165) is 11.1 Å². The molecule has 0 aliphatic rings. The molecule has 0 saturated carbocycles. The minimum atomic E-state index is -0.863. The summed E-state index contributed by atoms with van der Waals surface area (Å²) < 4.78 is 10.6. The van der Waals surface area contributed by atoms with Crippen molar-refractivity contribution in [1.29, 1.82) is 0 Å². The summed E-state index contributed by atoms with van der Waals surface area (Å²) in [5, 5.41) is 2.59. The molecule has 6 nitrogen and oxygen atoms in total. The molecule has 6 heteroatoms. The fourth-order valence-electron chi connectivity index (χ4n) is 2.23. The monoisotopic (exact) mass is 356 g/mol. The summed E-state index contributed by atoms with van der Waals surface area (Å²) in [6.45, 7) is 5.42. The van der Waals surface area contributed by atoms with Gasteiger partial charge in [-0.25, -0.2) is 9.59 Å². The van der Waals surface area contributed by atoms with Crippen molar-refractivity contribution in [2.24, 2.45) is 0 Å². The molecule has 0 aliphatic heterocycles. The highest BCUT2D eigenvalue weighted by Crippen LogP contribution is 2.10. The van der Waals surface area contributed by atoms with Gasteiger partial charge in [0, 0.05) is 18.8 Å². The topological polar surface area (TPSA) is 77.5 Å². The second-order valence-corrected chi connectivity index (χ2v) is 6.86. The summed E-state index contributed by atoms with van der Waals surface area (Å²) >= 11 is 0. The molecule has 0 spiro atoms. The van der Waals surface area contributed by atoms with E-state index in [1.165, 1.54) is 0 Å². The number of ether oxygens (including phenoxy) is 2. The molecule has 1 heterocycles. The fraction of sp³-hybridized carbons (Fsp3) is 0.350. The lowest BCUT2D eigenvalue weighted by Crippen LogP contribution is -2.45. The predicted molar refractivity (Wildman–Crippen MR) is 97.3 cm³/mol. The van der Waals surface area contributed by atoms with E-state index in [1.54, 1.807) is 39.2 Å². The van der Waals surface area contributed by atoms with E-state index in [4.69, 9.17) is 9.47 Å². The number of benzene rings is 1. The van der Waals surface area contributed by atoms with Crippen LogP contribution >= 0.6 is 0 Å². The van der Waals surface area contributed by atoms with Gasteiger partial charge in [0.05, 0.1) is 0 Å². The van der Waals surface area contributed by atoms with Crippen molar-refractivity contribution >= 4 is 12.1 Å². The van der Waals surface area contributed by atoms with Crippen LogP contribution in [0.15, 0.2) is 54.9 Å². The number of esters is 1. The van der Waals surface area contributed by atoms with Crippen molar-refractivity contribution in [3.8, 4) is 0 Å². The second-order valence-electron chi connectivity index (χ2n) is 6.86.